The predicted octanol–water partition coefficient (Wildman–Crippen LogP) is 4.70. The number of halogens is 1. The average molecular weight is 292 g/mol. The van der Waals surface area contributed by atoms with Crippen molar-refractivity contribution in [1.82, 2.24) is 0 Å². The van der Waals surface area contributed by atoms with Gasteiger partial charge in [0.2, 0.25) is 0 Å². The average Bonchev–Trinajstić information content (AvgIpc) is 2.56. The molecule has 1 aromatic rings. The van der Waals surface area contributed by atoms with Crippen molar-refractivity contribution in [1.29, 1.82) is 0 Å². The molecule has 1 aliphatic carbocycles. The Bertz CT molecular complexity index is 429. The highest BCUT2D eigenvalue weighted by atomic mass is 19.1. The molecule has 116 valence electrons. The van der Waals surface area contributed by atoms with Crippen LogP contribution in [-0.2, 0) is 9.47 Å². The Morgan fingerprint density at radius 1 is 0.952 bits per heavy atom. The molecule has 3 heteroatoms. The topological polar surface area (TPSA) is 18.5 Å². The van der Waals surface area contributed by atoms with Crippen LogP contribution in [-0.4, -0.2) is 13.2 Å². The van der Waals surface area contributed by atoms with Crippen molar-refractivity contribution in [3.05, 3.63) is 35.6 Å². The van der Waals surface area contributed by atoms with Gasteiger partial charge in [0.25, 0.3) is 0 Å². The van der Waals surface area contributed by atoms with Crippen molar-refractivity contribution < 1.29 is 13.9 Å². The van der Waals surface area contributed by atoms with Crippen molar-refractivity contribution in [2.75, 3.05) is 13.2 Å². The minimum atomic E-state index is -0.325. The first-order valence-corrected chi connectivity index (χ1v) is 8.25. The molecule has 2 nitrogen and oxygen atoms in total. The molecule has 0 atom stereocenters. The summed E-state index contributed by atoms with van der Waals surface area (Å²) in [4.78, 5) is 0. The van der Waals surface area contributed by atoms with Crippen LogP contribution in [0.5, 0.6) is 0 Å². The zero-order chi connectivity index (χ0) is 14.7. The van der Waals surface area contributed by atoms with Gasteiger partial charge in [0.05, 0.1) is 13.2 Å². The highest BCUT2D eigenvalue weighted by molar-refractivity contribution is 5.17. The van der Waals surface area contributed by atoms with E-state index in [4.69, 9.17) is 9.47 Å². The SMILES string of the molecule is CCC1CCC(C2COC(c3ccc(F)cc3)OC2)CC1. The van der Waals surface area contributed by atoms with Crippen LogP contribution in [0.4, 0.5) is 4.39 Å². The number of hydrogen-bond donors (Lipinski definition) is 0. The van der Waals surface area contributed by atoms with E-state index >= 15 is 0 Å². The third-order valence-corrected chi connectivity index (χ3v) is 5.20. The minimum absolute atomic E-state index is 0.222. The fraction of sp³-hybridized carbons (Fsp3) is 0.667. The number of ether oxygens (including phenoxy) is 2. The first-order valence-electron chi connectivity index (χ1n) is 8.25. The molecule has 1 saturated carbocycles. The summed E-state index contributed by atoms with van der Waals surface area (Å²) in [6, 6.07) is 6.40. The van der Waals surface area contributed by atoms with Crippen LogP contribution in [0.25, 0.3) is 0 Å². The van der Waals surface area contributed by atoms with Crippen LogP contribution in [0, 0.1) is 23.6 Å². The summed E-state index contributed by atoms with van der Waals surface area (Å²) in [6.07, 6.45) is 6.34. The quantitative estimate of drug-likeness (QED) is 0.803. The summed E-state index contributed by atoms with van der Waals surface area (Å²) in [5, 5.41) is 0. The van der Waals surface area contributed by atoms with E-state index in [0.29, 0.717) is 5.92 Å². The van der Waals surface area contributed by atoms with E-state index in [2.05, 4.69) is 6.92 Å². The van der Waals surface area contributed by atoms with Gasteiger partial charge >= 0.3 is 0 Å². The fourth-order valence-electron chi connectivity index (χ4n) is 3.67. The Labute approximate surface area is 126 Å². The van der Waals surface area contributed by atoms with Crippen LogP contribution < -0.4 is 0 Å². The number of hydrogen-bond acceptors (Lipinski definition) is 2. The maximum atomic E-state index is 12.9. The Morgan fingerprint density at radius 2 is 1.57 bits per heavy atom. The smallest absolute Gasteiger partial charge is 0.183 e. The van der Waals surface area contributed by atoms with E-state index in [1.54, 1.807) is 12.1 Å². The van der Waals surface area contributed by atoms with Gasteiger partial charge in [-0.25, -0.2) is 4.39 Å². The molecule has 0 radical (unpaired) electrons. The van der Waals surface area contributed by atoms with Gasteiger partial charge in [-0.15, -0.1) is 0 Å². The van der Waals surface area contributed by atoms with E-state index in [0.717, 1.165) is 30.6 Å². The fourth-order valence-corrected chi connectivity index (χ4v) is 3.67. The highest BCUT2D eigenvalue weighted by Crippen LogP contribution is 2.38. The standard InChI is InChI=1S/C18H25FO2/c1-2-13-3-5-14(6-4-13)16-11-20-18(21-12-16)15-7-9-17(19)10-8-15/h7-10,13-14,16,18H,2-6,11-12H2,1H3. The Hall–Kier alpha value is -0.930. The molecule has 1 saturated heterocycles. The second-order valence-electron chi connectivity index (χ2n) is 6.50. The lowest BCUT2D eigenvalue weighted by molar-refractivity contribution is -0.214. The second-order valence-corrected chi connectivity index (χ2v) is 6.50. The molecule has 0 aromatic heterocycles. The molecule has 3 rings (SSSR count). The highest BCUT2D eigenvalue weighted by Gasteiger charge is 2.31. The summed E-state index contributed by atoms with van der Waals surface area (Å²) in [5.41, 5.74) is 0.907. The summed E-state index contributed by atoms with van der Waals surface area (Å²) < 4.78 is 24.7. The Balaban J connectivity index is 1.50. The van der Waals surface area contributed by atoms with Gasteiger partial charge in [-0.3, -0.25) is 0 Å². The van der Waals surface area contributed by atoms with Gasteiger partial charge in [-0.2, -0.15) is 0 Å². The lowest BCUT2D eigenvalue weighted by atomic mass is 9.75. The van der Waals surface area contributed by atoms with Gasteiger partial charge in [0, 0.05) is 11.5 Å². The molecule has 2 fully saturated rings. The number of rotatable bonds is 3. The van der Waals surface area contributed by atoms with E-state index < -0.39 is 0 Å². The van der Waals surface area contributed by atoms with E-state index in [1.807, 2.05) is 0 Å². The molecule has 1 aromatic carbocycles. The molecule has 2 aliphatic rings. The number of benzene rings is 1. The first-order chi connectivity index (χ1) is 10.3. The zero-order valence-electron chi connectivity index (χ0n) is 12.8. The maximum Gasteiger partial charge on any atom is 0.183 e. The summed E-state index contributed by atoms with van der Waals surface area (Å²) in [5.74, 6) is 1.99. The Kier molecular flexibility index (Phi) is 4.91. The van der Waals surface area contributed by atoms with E-state index in [9.17, 15) is 4.39 Å². The van der Waals surface area contributed by atoms with Crippen LogP contribution in [0.3, 0.4) is 0 Å². The third-order valence-electron chi connectivity index (χ3n) is 5.20. The molecule has 21 heavy (non-hydrogen) atoms. The van der Waals surface area contributed by atoms with Crippen molar-refractivity contribution in [2.24, 2.45) is 17.8 Å². The van der Waals surface area contributed by atoms with E-state index in [-0.39, 0.29) is 12.1 Å². The molecule has 0 bridgehead atoms. The lowest BCUT2D eigenvalue weighted by Crippen LogP contribution is -2.34. The first kappa shape index (κ1) is 15.0. The molecule has 0 N–H and O–H groups in total. The maximum absolute atomic E-state index is 12.9. The predicted molar refractivity (Wildman–Crippen MR) is 80.3 cm³/mol. The van der Waals surface area contributed by atoms with Crippen LogP contribution >= 0.6 is 0 Å². The zero-order valence-corrected chi connectivity index (χ0v) is 12.8. The molecule has 1 heterocycles. The van der Waals surface area contributed by atoms with Crippen molar-refractivity contribution in [2.45, 2.75) is 45.3 Å². The molecule has 0 amide bonds. The van der Waals surface area contributed by atoms with Crippen LogP contribution in [0.15, 0.2) is 24.3 Å². The molecule has 0 spiro atoms. The van der Waals surface area contributed by atoms with Gasteiger partial charge in [0.15, 0.2) is 6.29 Å². The van der Waals surface area contributed by atoms with Gasteiger partial charge < -0.3 is 9.47 Å². The second kappa shape index (κ2) is 6.89. The molecule has 1 aliphatic heterocycles. The third kappa shape index (κ3) is 3.64. The van der Waals surface area contributed by atoms with Crippen molar-refractivity contribution in [3.63, 3.8) is 0 Å². The molecular formula is C18H25FO2. The van der Waals surface area contributed by atoms with Crippen LogP contribution in [0.2, 0.25) is 0 Å². The Morgan fingerprint density at radius 3 is 2.14 bits per heavy atom. The van der Waals surface area contributed by atoms with Crippen LogP contribution in [0.1, 0.15) is 50.9 Å². The van der Waals surface area contributed by atoms with Gasteiger partial charge in [-0.05, 0) is 36.8 Å². The summed E-state index contributed by atoms with van der Waals surface area (Å²) in [6.45, 7) is 3.83. The summed E-state index contributed by atoms with van der Waals surface area (Å²) in [7, 11) is 0. The molecule has 0 unspecified atom stereocenters. The largest absolute Gasteiger partial charge is 0.348 e. The van der Waals surface area contributed by atoms with Gasteiger partial charge in [-0.1, -0.05) is 38.3 Å². The normalized spacial score (nSPS) is 33.8. The molecular weight excluding hydrogens is 267 g/mol. The minimum Gasteiger partial charge on any atom is -0.348 e. The van der Waals surface area contributed by atoms with Gasteiger partial charge in [0.1, 0.15) is 5.82 Å². The van der Waals surface area contributed by atoms with Crippen molar-refractivity contribution >= 4 is 0 Å². The monoisotopic (exact) mass is 292 g/mol. The van der Waals surface area contributed by atoms with Crippen molar-refractivity contribution in [3.8, 4) is 0 Å². The van der Waals surface area contributed by atoms with E-state index in [1.165, 1.54) is 44.2 Å². The lowest BCUT2D eigenvalue weighted by Gasteiger charge is -2.37. The summed E-state index contributed by atoms with van der Waals surface area (Å²) >= 11 is 0.